The second kappa shape index (κ2) is 6.90. The van der Waals surface area contributed by atoms with Crippen molar-refractivity contribution in [3.05, 3.63) is 35.9 Å². The van der Waals surface area contributed by atoms with E-state index in [1.54, 1.807) is 0 Å². The molecule has 0 bridgehead atoms. The molecule has 0 aliphatic rings. The van der Waals surface area contributed by atoms with E-state index >= 15 is 0 Å². The Morgan fingerprint density at radius 1 is 1.13 bits per heavy atom. The molecule has 1 aromatic rings. The Morgan fingerprint density at radius 3 is 2.40 bits per heavy atom. The number of hydrogen-bond acceptors (Lipinski definition) is 0. The molecule has 0 N–H and O–H groups in total. The van der Waals surface area contributed by atoms with Gasteiger partial charge < -0.3 is 0 Å². The first-order valence-corrected chi connectivity index (χ1v) is 6.30. The zero-order valence-corrected chi connectivity index (χ0v) is 10.5. The summed E-state index contributed by atoms with van der Waals surface area (Å²) in [5, 5.41) is 0.316. The van der Waals surface area contributed by atoms with Gasteiger partial charge in [0.2, 0.25) is 0 Å². The molecular weight excluding hydrogens is 204 g/mol. The summed E-state index contributed by atoms with van der Waals surface area (Å²) in [5.74, 6) is 0.751. The van der Waals surface area contributed by atoms with Crippen LogP contribution in [0.5, 0.6) is 0 Å². The first kappa shape index (κ1) is 12.6. The molecule has 0 aliphatic heterocycles. The number of benzene rings is 1. The molecule has 0 saturated heterocycles. The first-order chi connectivity index (χ1) is 7.18. The van der Waals surface area contributed by atoms with E-state index in [9.17, 15) is 0 Å². The second-order valence-corrected chi connectivity index (χ2v) is 5.24. The van der Waals surface area contributed by atoms with Gasteiger partial charge in [0, 0.05) is 5.38 Å². The molecule has 0 nitrogen and oxygen atoms in total. The summed E-state index contributed by atoms with van der Waals surface area (Å²) in [6, 6.07) is 10.7. The van der Waals surface area contributed by atoms with Gasteiger partial charge in [-0.3, -0.25) is 0 Å². The molecule has 2 unspecified atom stereocenters. The van der Waals surface area contributed by atoms with Crippen molar-refractivity contribution in [2.45, 2.75) is 44.9 Å². The van der Waals surface area contributed by atoms with E-state index in [0.29, 0.717) is 5.38 Å². The van der Waals surface area contributed by atoms with E-state index in [-0.39, 0.29) is 0 Å². The quantitative estimate of drug-likeness (QED) is 0.617. The van der Waals surface area contributed by atoms with Crippen molar-refractivity contribution in [3.8, 4) is 0 Å². The van der Waals surface area contributed by atoms with Crippen LogP contribution in [0.3, 0.4) is 0 Å². The Morgan fingerprint density at radius 2 is 1.80 bits per heavy atom. The first-order valence-electron chi connectivity index (χ1n) is 5.86. The predicted octanol–water partition coefficient (Wildman–Crippen LogP) is 4.66. The molecule has 0 radical (unpaired) electrons. The summed E-state index contributed by atoms with van der Waals surface area (Å²) in [4.78, 5) is 0. The van der Waals surface area contributed by atoms with E-state index in [2.05, 4.69) is 44.2 Å². The van der Waals surface area contributed by atoms with E-state index in [1.165, 1.54) is 24.8 Å². The van der Waals surface area contributed by atoms with Crippen molar-refractivity contribution < 1.29 is 0 Å². The third-order valence-electron chi connectivity index (χ3n) is 2.73. The maximum absolute atomic E-state index is 5.97. The number of rotatable bonds is 6. The summed E-state index contributed by atoms with van der Waals surface area (Å²) in [6.45, 7) is 4.37. The largest absolute Gasteiger partial charge is 0.123 e. The maximum Gasteiger partial charge on any atom is 0.0310 e. The zero-order valence-electron chi connectivity index (χ0n) is 9.75. The molecule has 0 saturated carbocycles. The number of halogens is 1. The van der Waals surface area contributed by atoms with Crippen LogP contribution in [0.1, 0.15) is 38.7 Å². The number of hydrogen-bond donors (Lipinski definition) is 0. The van der Waals surface area contributed by atoms with Crippen molar-refractivity contribution in [2.75, 3.05) is 0 Å². The molecule has 1 aromatic carbocycles. The smallest absolute Gasteiger partial charge is 0.0310 e. The second-order valence-electron chi connectivity index (χ2n) is 4.50. The van der Waals surface area contributed by atoms with Crippen LogP contribution in [0.25, 0.3) is 0 Å². The zero-order chi connectivity index (χ0) is 11.1. The van der Waals surface area contributed by atoms with Crippen molar-refractivity contribution in [1.29, 1.82) is 0 Å². The lowest BCUT2D eigenvalue weighted by molar-refractivity contribution is 0.472. The standard InChI is InChI=1S/C14H21Cl/c1-12(11-13(2)15)7-6-10-14-8-4-3-5-9-14/h3-5,8-9,12-13H,6-7,10-11H2,1-2H3. The van der Waals surface area contributed by atoms with Gasteiger partial charge in [0.1, 0.15) is 0 Å². The fourth-order valence-electron chi connectivity index (χ4n) is 1.97. The minimum Gasteiger partial charge on any atom is -0.123 e. The van der Waals surface area contributed by atoms with E-state index < -0.39 is 0 Å². The van der Waals surface area contributed by atoms with Gasteiger partial charge in [-0.25, -0.2) is 0 Å². The minimum absolute atomic E-state index is 0.316. The summed E-state index contributed by atoms with van der Waals surface area (Å²) in [7, 11) is 0. The summed E-state index contributed by atoms with van der Waals surface area (Å²) >= 11 is 5.97. The van der Waals surface area contributed by atoms with Crippen LogP contribution in [0.4, 0.5) is 0 Å². The molecule has 0 heterocycles. The van der Waals surface area contributed by atoms with E-state index in [0.717, 1.165) is 12.3 Å². The van der Waals surface area contributed by atoms with Crippen molar-refractivity contribution in [1.82, 2.24) is 0 Å². The van der Waals surface area contributed by atoms with Gasteiger partial charge in [-0.2, -0.15) is 0 Å². The van der Waals surface area contributed by atoms with Crippen molar-refractivity contribution in [2.24, 2.45) is 5.92 Å². The summed E-state index contributed by atoms with van der Waals surface area (Å²) in [5.41, 5.74) is 1.45. The van der Waals surface area contributed by atoms with Gasteiger partial charge in [-0.15, -0.1) is 11.6 Å². The van der Waals surface area contributed by atoms with Gasteiger partial charge in [0.25, 0.3) is 0 Å². The Balaban J connectivity index is 2.16. The Kier molecular flexibility index (Phi) is 5.78. The summed E-state index contributed by atoms with van der Waals surface area (Å²) in [6.07, 6.45) is 4.89. The van der Waals surface area contributed by atoms with Crippen LogP contribution in [-0.4, -0.2) is 5.38 Å². The molecule has 0 aromatic heterocycles. The highest BCUT2D eigenvalue weighted by molar-refractivity contribution is 6.20. The molecular formula is C14H21Cl. The van der Waals surface area contributed by atoms with Crippen molar-refractivity contribution >= 4 is 11.6 Å². The molecule has 2 atom stereocenters. The van der Waals surface area contributed by atoms with Crippen molar-refractivity contribution in [3.63, 3.8) is 0 Å². The normalized spacial score (nSPS) is 14.9. The van der Waals surface area contributed by atoms with Crippen LogP contribution in [0, 0.1) is 5.92 Å². The van der Waals surface area contributed by atoms with E-state index in [4.69, 9.17) is 11.6 Å². The van der Waals surface area contributed by atoms with Gasteiger partial charge >= 0.3 is 0 Å². The van der Waals surface area contributed by atoms with Crippen LogP contribution in [0.2, 0.25) is 0 Å². The Labute approximate surface area is 98.7 Å². The lowest BCUT2D eigenvalue weighted by atomic mass is 9.97. The molecule has 0 aliphatic carbocycles. The predicted molar refractivity (Wildman–Crippen MR) is 68.5 cm³/mol. The lowest BCUT2D eigenvalue weighted by Gasteiger charge is -2.12. The van der Waals surface area contributed by atoms with Gasteiger partial charge in [0.15, 0.2) is 0 Å². The average Bonchev–Trinajstić information content (AvgIpc) is 2.18. The van der Waals surface area contributed by atoms with Crippen LogP contribution in [0.15, 0.2) is 30.3 Å². The summed E-state index contributed by atoms with van der Waals surface area (Å²) < 4.78 is 0. The van der Waals surface area contributed by atoms with E-state index in [1.807, 2.05) is 0 Å². The van der Waals surface area contributed by atoms with Crippen LogP contribution in [-0.2, 0) is 6.42 Å². The number of aryl methyl sites for hydroxylation is 1. The monoisotopic (exact) mass is 224 g/mol. The third kappa shape index (κ3) is 5.84. The molecule has 0 amide bonds. The Bertz CT molecular complexity index is 253. The van der Waals surface area contributed by atoms with Gasteiger partial charge in [-0.1, -0.05) is 43.7 Å². The maximum atomic E-state index is 5.97. The highest BCUT2D eigenvalue weighted by atomic mass is 35.5. The number of alkyl halides is 1. The SMILES string of the molecule is CC(Cl)CC(C)CCCc1ccccc1. The molecule has 0 spiro atoms. The average molecular weight is 225 g/mol. The molecule has 1 rings (SSSR count). The molecule has 0 fully saturated rings. The molecule has 15 heavy (non-hydrogen) atoms. The molecule has 84 valence electrons. The van der Waals surface area contributed by atoms with Gasteiger partial charge in [0.05, 0.1) is 0 Å². The van der Waals surface area contributed by atoms with Crippen LogP contribution >= 0.6 is 11.6 Å². The highest BCUT2D eigenvalue weighted by Gasteiger charge is 2.05. The minimum atomic E-state index is 0.316. The lowest BCUT2D eigenvalue weighted by Crippen LogP contribution is -2.02. The fraction of sp³-hybridized carbons (Fsp3) is 0.571. The highest BCUT2D eigenvalue weighted by Crippen LogP contribution is 2.17. The fourth-order valence-corrected chi connectivity index (χ4v) is 2.28. The topological polar surface area (TPSA) is 0 Å². The van der Waals surface area contributed by atoms with Crippen LogP contribution < -0.4 is 0 Å². The third-order valence-corrected chi connectivity index (χ3v) is 2.91. The molecule has 1 heteroatoms. The Hall–Kier alpha value is -0.490. The van der Waals surface area contributed by atoms with Gasteiger partial charge in [-0.05, 0) is 37.7 Å².